The van der Waals surface area contributed by atoms with E-state index in [1.165, 1.54) is 5.69 Å². The summed E-state index contributed by atoms with van der Waals surface area (Å²) in [5.74, 6) is 2.74. The summed E-state index contributed by atoms with van der Waals surface area (Å²) in [5, 5.41) is 11.3. The third-order valence-corrected chi connectivity index (χ3v) is 5.29. The van der Waals surface area contributed by atoms with Crippen LogP contribution in [-0.4, -0.2) is 66.6 Å². The smallest absolute Gasteiger partial charge is 0.191 e. The number of nitrogens with one attached hydrogen (secondary N) is 2. The first-order chi connectivity index (χ1) is 14.6. The number of nitrogens with zero attached hydrogens (tertiary/aromatic N) is 4. The highest BCUT2D eigenvalue weighted by Gasteiger charge is 2.25. The molecule has 0 amide bonds. The topological polar surface area (TPSA) is 79.9 Å². The minimum absolute atomic E-state index is 0.118. The van der Waals surface area contributed by atoms with Crippen molar-refractivity contribution in [2.45, 2.75) is 46.7 Å². The lowest BCUT2D eigenvalue weighted by atomic mass is 10.1. The van der Waals surface area contributed by atoms with Gasteiger partial charge in [0.05, 0.1) is 31.5 Å². The van der Waals surface area contributed by atoms with Crippen LogP contribution in [0.4, 0.5) is 0 Å². The Morgan fingerprint density at radius 2 is 2.00 bits per heavy atom. The van der Waals surface area contributed by atoms with E-state index in [1.807, 2.05) is 19.9 Å². The van der Waals surface area contributed by atoms with Gasteiger partial charge in [0.1, 0.15) is 11.5 Å². The van der Waals surface area contributed by atoms with E-state index in [4.69, 9.17) is 14.1 Å². The third-order valence-electron chi connectivity index (χ3n) is 5.29. The molecule has 0 aliphatic carbocycles. The van der Waals surface area contributed by atoms with Crippen LogP contribution in [0.5, 0.6) is 0 Å². The van der Waals surface area contributed by atoms with Gasteiger partial charge in [-0.1, -0.05) is 0 Å². The Balaban J connectivity index is 1.58. The molecule has 1 aliphatic rings. The lowest BCUT2D eigenvalue weighted by Gasteiger charge is -2.32. The molecule has 0 bridgehead atoms. The minimum atomic E-state index is 0.118. The van der Waals surface area contributed by atoms with Crippen LogP contribution in [0.2, 0.25) is 0 Å². The van der Waals surface area contributed by atoms with E-state index in [-0.39, 0.29) is 6.04 Å². The summed E-state index contributed by atoms with van der Waals surface area (Å²) in [7, 11) is 0. The van der Waals surface area contributed by atoms with Gasteiger partial charge in [-0.15, -0.1) is 0 Å². The van der Waals surface area contributed by atoms with E-state index >= 15 is 0 Å². The highest BCUT2D eigenvalue weighted by atomic mass is 16.5. The number of aryl methyl sites for hydroxylation is 4. The predicted octanol–water partition coefficient (Wildman–Crippen LogP) is 2.42. The lowest BCUT2D eigenvalue weighted by Crippen LogP contribution is -2.42. The molecule has 1 unspecified atom stereocenters. The maximum atomic E-state index is 5.95. The number of hydrogen-bond donors (Lipinski definition) is 2. The van der Waals surface area contributed by atoms with Crippen molar-refractivity contribution in [1.82, 2.24) is 25.3 Å². The maximum Gasteiger partial charge on any atom is 0.191 e. The molecule has 3 heterocycles. The number of furan rings is 1. The van der Waals surface area contributed by atoms with Crippen molar-refractivity contribution >= 4 is 5.96 Å². The Kier molecular flexibility index (Phi) is 8.33. The summed E-state index contributed by atoms with van der Waals surface area (Å²) in [6, 6.07) is 6.32. The number of guanidine groups is 1. The van der Waals surface area contributed by atoms with Crippen LogP contribution in [0.3, 0.4) is 0 Å². The zero-order valence-corrected chi connectivity index (χ0v) is 18.8. The van der Waals surface area contributed by atoms with Gasteiger partial charge in [-0.25, -0.2) is 0 Å². The Labute approximate surface area is 179 Å². The van der Waals surface area contributed by atoms with Crippen molar-refractivity contribution < 1.29 is 9.15 Å². The van der Waals surface area contributed by atoms with E-state index in [1.54, 1.807) is 0 Å². The van der Waals surface area contributed by atoms with Gasteiger partial charge in [0.15, 0.2) is 5.96 Å². The Morgan fingerprint density at radius 1 is 1.20 bits per heavy atom. The highest BCUT2D eigenvalue weighted by molar-refractivity contribution is 5.79. The minimum Gasteiger partial charge on any atom is -0.465 e. The lowest BCUT2D eigenvalue weighted by molar-refractivity contribution is 0.0135. The van der Waals surface area contributed by atoms with E-state index < -0.39 is 0 Å². The standard InChI is InChI=1S/C22H36N6O2/c1-5-23-22(24-9-6-10-28-18(3)15-17(2)26-28)25-16-20(21-8-7-19(4)30-21)27-11-13-29-14-12-27/h7-8,15,20H,5-6,9-14,16H2,1-4H3,(H2,23,24,25). The van der Waals surface area contributed by atoms with Crippen molar-refractivity contribution in [3.8, 4) is 0 Å². The molecule has 8 heteroatoms. The summed E-state index contributed by atoms with van der Waals surface area (Å²) < 4.78 is 13.5. The van der Waals surface area contributed by atoms with Gasteiger partial charge >= 0.3 is 0 Å². The molecule has 0 radical (unpaired) electrons. The zero-order chi connectivity index (χ0) is 21.3. The second-order valence-corrected chi connectivity index (χ2v) is 7.76. The van der Waals surface area contributed by atoms with Crippen LogP contribution in [0.1, 0.15) is 42.3 Å². The van der Waals surface area contributed by atoms with Crippen molar-refractivity contribution in [3.63, 3.8) is 0 Å². The molecule has 0 aromatic carbocycles. The molecule has 8 nitrogen and oxygen atoms in total. The van der Waals surface area contributed by atoms with Crippen molar-refractivity contribution in [3.05, 3.63) is 41.1 Å². The fourth-order valence-corrected chi connectivity index (χ4v) is 3.76. The number of aliphatic imine (C=N–C) groups is 1. The fraction of sp³-hybridized carbons (Fsp3) is 0.636. The van der Waals surface area contributed by atoms with Crippen molar-refractivity contribution in [2.75, 3.05) is 45.9 Å². The van der Waals surface area contributed by atoms with Gasteiger partial charge in [-0.05, 0) is 52.3 Å². The van der Waals surface area contributed by atoms with E-state index in [0.29, 0.717) is 6.54 Å². The summed E-state index contributed by atoms with van der Waals surface area (Å²) >= 11 is 0. The van der Waals surface area contributed by atoms with Crippen LogP contribution in [0.15, 0.2) is 27.6 Å². The SMILES string of the molecule is CCNC(=NCC(c1ccc(C)o1)N1CCOCC1)NCCCn1nc(C)cc1C. The zero-order valence-electron chi connectivity index (χ0n) is 18.8. The molecule has 1 atom stereocenters. The molecule has 3 rings (SSSR count). The van der Waals surface area contributed by atoms with Gasteiger partial charge in [-0.3, -0.25) is 14.6 Å². The summed E-state index contributed by atoms with van der Waals surface area (Å²) in [5.41, 5.74) is 2.27. The van der Waals surface area contributed by atoms with Crippen LogP contribution in [0.25, 0.3) is 0 Å². The number of rotatable bonds is 9. The highest BCUT2D eigenvalue weighted by Crippen LogP contribution is 2.24. The average Bonchev–Trinajstić information content (AvgIpc) is 3.30. The summed E-state index contributed by atoms with van der Waals surface area (Å²) in [6.07, 6.45) is 0.983. The second-order valence-electron chi connectivity index (χ2n) is 7.76. The Morgan fingerprint density at radius 3 is 2.63 bits per heavy atom. The van der Waals surface area contributed by atoms with Crippen LogP contribution < -0.4 is 10.6 Å². The van der Waals surface area contributed by atoms with Gasteiger partial charge in [0.25, 0.3) is 0 Å². The van der Waals surface area contributed by atoms with Crippen LogP contribution >= 0.6 is 0 Å². The number of hydrogen-bond acceptors (Lipinski definition) is 5. The average molecular weight is 417 g/mol. The molecule has 0 saturated carbocycles. The van der Waals surface area contributed by atoms with E-state index in [2.05, 4.69) is 51.3 Å². The fourth-order valence-electron chi connectivity index (χ4n) is 3.76. The molecule has 166 valence electrons. The molecular formula is C22H36N6O2. The van der Waals surface area contributed by atoms with E-state index in [0.717, 1.165) is 75.5 Å². The first kappa shape index (κ1) is 22.4. The first-order valence-corrected chi connectivity index (χ1v) is 11.0. The molecule has 0 spiro atoms. The van der Waals surface area contributed by atoms with Crippen molar-refractivity contribution in [2.24, 2.45) is 4.99 Å². The molecular weight excluding hydrogens is 380 g/mol. The van der Waals surface area contributed by atoms with E-state index in [9.17, 15) is 0 Å². The molecule has 1 fully saturated rings. The largest absolute Gasteiger partial charge is 0.465 e. The van der Waals surface area contributed by atoms with Gasteiger partial charge in [0.2, 0.25) is 0 Å². The molecule has 2 aromatic heterocycles. The third kappa shape index (κ3) is 6.34. The normalized spacial score (nSPS) is 16.6. The molecule has 30 heavy (non-hydrogen) atoms. The molecule has 2 N–H and O–H groups in total. The quantitative estimate of drug-likeness (QED) is 0.371. The number of aromatic nitrogens is 2. The van der Waals surface area contributed by atoms with Crippen LogP contribution in [-0.2, 0) is 11.3 Å². The molecule has 1 saturated heterocycles. The molecule has 2 aromatic rings. The maximum absolute atomic E-state index is 5.95. The Bertz CT molecular complexity index is 806. The Hall–Kier alpha value is -2.32. The predicted molar refractivity (Wildman–Crippen MR) is 119 cm³/mol. The summed E-state index contributed by atoms with van der Waals surface area (Å²) in [6.45, 7) is 14.7. The van der Waals surface area contributed by atoms with Gasteiger partial charge in [-0.2, -0.15) is 5.10 Å². The second kappa shape index (κ2) is 11.2. The summed E-state index contributed by atoms with van der Waals surface area (Å²) in [4.78, 5) is 7.27. The number of ether oxygens (including phenoxy) is 1. The van der Waals surface area contributed by atoms with Gasteiger partial charge < -0.3 is 19.8 Å². The van der Waals surface area contributed by atoms with Crippen molar-refractivity contribution in [1.29, 1.82) is 0 Å². The monoisotopic (exact) mass is 416 g/mol. The first-order valence-electron chi connectivity index (χ1n) is 11.0. The number of morpholine rings is 1. The molecule has 1 aliphatic heterocycles. The van der Waals surface area contributed by atoms with Gasteiger partial charge in [0, 0.05) is 38.4 Å². The van der Waals surface area contributed by atoms with Crippen LogP contribution in [0, 0.1) is 20.8 Å².